The number of hydrogen-bond acceptors (Lipinski definition) is 2. The maximum absolute atomic E-state index is 10.6. The van der Waals surface area contributed by atoms with Crippen molar-refractivity contribution in [1.82, 2.24) is 0 Å². The minimum atomic E-state index is 0.0918. The molecule has 0 aromatic rings. The van der Waals surface area contributed by atoms with Crippen LogP contribution < -0.4 is 0 Å². The summed E-state index contributed by atoms with van der Waals surface area (Å²) >= 11 is 0. The molecule has 2 nitrogen and oxygen atoms in total. The molecule has 1 unspecified atom stereocenters. The number of carbonyl (C=O) groups excluding carboxylic acids is 1. The molecule has 1 aliphatic carbocycles. The Kier molecular flexibility index (Phi) is 3.32. The molecule has 0 heterocycles. The van der Waals surface area contributed by atoms with Crippen LogP contribution in [0.3, 0.4) is 0 Å². The summed E-state index contributed by atoms with van der Waals surface area (Å²) in [5.74, 6) is 1.80. The van der Waals surface area contributed by atoms with Crippen LogP contribution in [0.5, 0.6) is 0 Å². The van der Waals surface area contributed by atoms with E-state index in [1.165, 1.54) is 6.42 Å². The molecule has 0 radical (unpaired) electrons. The lowest BCUT2D eigenvalue weighted by Crippen LogP contribution is -2.09. The monoisotopic (exact) mass is 168 g/mol. The van der Waals surface area contributed by atoms with Gasteiger partial charge in [0, 0.05) is 6.42 Å². The minimum absolute atomic E-state index is 0.0918. The van der Waals surface area contributed by atoms with Gasteiger partial charge in [0.05, 0.1) is 5.76 Å². The summed E-state index contributed by atoms with van der Waals surface area (Å²) < 4.78 is 5.33. The van der Waals surface area contributed by atoms with Gasteiger partial charge >= 0.3 is 0 Å². The third-order valence-electron chi connectivity index (χ3n) is 2.04. The van der Waals surface area contributed by atoms with Gasteiger partial charge in [0.15, 0.2) is 5.78 Å². The number of allylic oxidation sites excluding steroid dienone is 2. The van der Waals surface area contributed by atoms with E-state index in [0.717, 1.165) is 18.6 Å². The van der Waals surface area contributed by atoms with Crippen LogP contribution in [0.2, 0.25) is 0 Å². The van der Waals surface area contributed by atoms with Crippen molar-refractivity contribution >= 4 is 5.78 Å². The first-order valence-electron chi connectivity index (χ1n) is 4.49. The van der Waals surface area contributed by atoms with Crippen molar-refractivity contribution in [2.75, 3.05) is 6.61 Å². The highest BCUT2D eigenvalue weighted by molar-refractivity contribution is 5.76. The van der Waals surface area contributed by atoms with Gasteiger partial charge in [-0.05, 0) is 31.8 Å². The summed E-state index contributed by atoms with van der Waals surface area (Å²) in [5.41, 5.74) is 0. The molecule has 0 aromatic carbocycles. The van der Waals surface area contributed by atoms with Crippen LogP contribution in [0.15, 0.2) is 11.8 Å². The normalized spacial score (nSPS) is 23.2. The maximum atomic E-state index is 10.6. The van der Waals surface area contributed by atoms with Crippen LogP contribution in [0.4, 0.5) is 0 Å². The molecule has 1 atom stereocenters. The van der Waals surface area contributed by atoms with Crippen molar-refractivity contribution in [2.45, 2.75) is 33.1 Å². The molecule has 12 heavy (non-hydrogen) atoms. The molecule has 1 rings (SSSR count). The van der Waals surface area contributed by atoms with Crippen molar-refractivity contribution in [3.8, 4) is 0 Å². The number of hydrogen-bond donors (Lipinski definition) is 0. The Morgan fingerprint density at radius 3 is 3.08 bits per heavy atom. The number of ketones is 1. The van der Waals surface area contributed by atoms with Gasteiger partial charge in [0.25, 0.3) is 0 Å². The second-order valence-corrected chi connectivity index (χ2v) is 3.55. The summed E-state index contributed by atoms with van der Waals surface area (Å²) in [6, 6.07) is 0. The quantitative estimate of drug-likeness (QED) is 0.646. The largest absolute Gasteiger partial charge is 0.491 e. The molecule has 0 amide bonds. The molecule has 0 saturated heterocycles. The maximum Gasteiger partial charge on any atom is 0.167 e. The predicted octanol–water partition coefficient (Wildman–Crippen LogP) is 2.30. The standard InChI is InChI=1S/C10H16O2/c1-8-4-3-5-10(6-8)12-7-9(2)11/h5,8H,3-4,6-7H2,1-2H3. The smallest absolute Gasteiger partial charge is 0.167 e. The molecule has 1 aliphatic rings. The van der Waals surface area contributed by atoms with E-state index in [0.29, 0.717) is 5.92 Å². The lowest BCUT2D eigenvalue weighted by atomic mass is 9.95. The summed E-state index contributed by atoms with van der Waals surface area (Å²) in [5, 5.41) is 0. The predicted molar refractivity (Wildman–Crippen MR) is 47.7 cm³/mol. The first kappa shape index (κ1) is 9.30. The zero-order chi connectivity index (χ0) is 8.97. The SMILES string of the molecule is CC(=O)COC1=CCCC(C)C1. The second kappa shape index (κ2) is 4.29. The van der Waals surface area contributed by atoms with Crippen LogP contribution in [-0.4, -0.2) is 12.4 Å². The van der Waals surface area contributed by atoms with Gasteiger partial charge in [0.2, 0.25) is 0 Å². The van der Waals surface area contributed by atoms with Gasteiger partial charge in [-0.2, -0.15) is 0 Å². The fourth-order valence-electron chi connectivity index (χ4n) is 1.37. The van der Waals surface area contributed by atoms with Gasteiger partial charge in [-0.3, -0.25) is 4.79 Å². The summed E-state index contributed by atoms with van der Waals surface area (Å²) in [4.78, 5) is 10.6. The van der Waals surface area contributed by atoms with Gasteiger partial charge in [-0.1, -0.05) is 6.92 Å². The Bertz CT molecular complexity index is 194. The molecule has 0 bridgehead atoms. The van der Waals surface area contributed by atoms with E-state index in [4.69, 9.17) is 4.74 Å². The zero-order valence-corrected chi connectivity index (χ0v) is 7.80. The molecule has 68 valence electrons. The highest BCUT2D eigenvalue weighted by Gasteiger charge is 2.11. The van der Waals surface area contributed by atoms with E-state index < -0.39 is 0 Å². The molecule has 0 N–H and O–H groups in total. The molecular formula is C10H16O2. The van der Waals surface area contributed by atoms with Gasteiger partial charge in [-0.25, -0.2) is 0 Å². The summed E-state index contributed by atoms with van der Waals surface area (Å²) in [6.07, 6.45) is 5.43. The van der Waals surface area contributed by atoms with Crippen LogP contribution in [0.25, 0.3) is 0 Å². The summed E-state index contributed by atoms with van der Waals surface area (Å²) in [7, 11) is 0. The van der Waals surface area contributed by atoms with Crippen molar-refractivity contribution in [1.29, 1.82) is 0 Å². The Morgan fingerprint density at radius 1 is 1.75 bits per heavy atom. The third-order valence-corrected chi connectivity index (χ3v) is 2.04. The first-order valence-corrected chi connectivity index (χ1v) is 4.49. The molecule has 0 fully saturated rings. The highest BCUT2D eigenvalue weighted by atomic mass is 16.5. The molecule has 0 spiro atoms. The zero-order valence-electron chi connectivity index (χ0n) is 7.80. The number of Topliss-reactive ketones (excluding diaryl/α,β-unsaturated/α-hetero) is 1. The van der Waals surface area contributed by atoms with E-state index in [1.807, 2.05) is 0 Å². The number of ether oxygens (including phenoxy) is 1. The first-order chi connectivity index (χ1) is 5.68. The summed E-state index contributed by atoms with van der Waals surface area (Å²) in [6.45, 7) is 4.00. The van der Waals surface area contributed by atoms with E-state index in [1.54, 1.807) is 6.92 Å². The van der Waals surface area contributed by atoms with Crippen molar-refractivity contribution < 1.29 is 9.53 Å². The van der Waals surface area contributed by atoms with E-state index in [-0.39, 0.29) is 12.4 Å². The average Bonchev–Trinajstić information content (AvgIpc) is 2.01. The third kappa shape index (κ3) is 3.07. The second-order valence-electron chi connectivity index (χ2n) is 3.55. The van der Waals surface area contributed by atoms with Crippen LogP contribution in [0.1, 0.15) is 33.1 Å². The van der Waals surface area contributed by atoms with Crippen molar-refractivity contribution in [2.24, 2.45) is 5.92 Å². The lowest BCUT2D eigenvalue weighted by Gasteiger charge is -2.18. The van der Waals surface area contributed by atoms with Crippen LogP contribution >= 0.6 is 0 Å². The topological polar surface area (TPSA) is 26.3 Å². The molecular weight excluding hydrogens is 152 g/mol. The number of rotatable bonds is 3. The molecule has 0 aromatic heterocycles. The minimum Gasteiger partial charge on any atom is -0.491 e. The molecule has 2 heteroatoms. The lowest BCUT2D eigenvalue weighted by molar-refractivity contribution is -0.120. The van der Waals surface area contributed by atoms with E-state index in [9.17, 15) is 4.79 Å². The van der Waals surface area contributed by atoms with Gasteiger partial charge < -0.3 is 4.74 Å². The van der Waals surface area contributed by atoms with Crippen LogP contribution in [0, 0.1) is 5.92 Å². The van der Waals surface area contributed by atoms with Crippen molar-refractivity contribution in [3.63, 3.8) is 0 Å². The van der Waals surface area contributed by atoms with Gasteiger partial charge in [0.1, 0.15) is 6.61 Å². The van der Waals surface area contributed by atoms with Crippen molar-refractivity contribution in [3.05, 3.63) is 11.8 Å². The van der Waals surface area contributed by atoms with E-state index >= 15 is 0 Å². The van der Waals surface area contributed by atoms with Crippen LogP contribution in [-0.2, 0) is 9.53 Å². The Balaban J connectivity index is 2.31. The molecule has 0 saturated carbocycles. The Morgan fingerprint density at radius 2 is 2.50 bits per heavy atom. The average molecular weight is 168 g/mol. The van der Waals surface area contributed by atoms with Gasteiger partial charge in [-0.15, -0.1) is 0 Å². The van der Waals surface area contributed by atoms with E-state index in [2.05, 4.69) is 13.0 Å². The number of carbonyl (C=O) groups is 1. The fourth-order valence-corrected chi connectivity index (χ4v) is 1.37. The highest BCUT2D eigenvalue weighted by Crippen LogP contribution is 2.23. The fraction of sp³-hybridized carbons (Fsp3) is 0.700. The molecule has 0 aliphatic heterocycles. The Hall–Kier alpha value is -0.790. The Labute approximate surface area is 73.6 Å².